The van der Waals surface area contributed by atoms with Gasteiger partial charge in [0, 0.05) is 43.6 Å². The number of hydrogen-bond acceptors (Lipinski definition) is 5. The Balaban J connectivity index is 1.51. The molecule has 1 aliphatic rings. The maximum atomic E-state index is 12.2. The highest BCUT2D eigenvalue weighted by molar-refractivity contribution is 5.82. The number of amides is 2. The fraction of sp³-hybridized carbons (Fsp3) is 0.450. The van der Waals surface area contributed by atoms with Crippen LogP contribution >= 0.6 is 0 Å². The summed E-state index contributed by atoms with van der Waals surface area (Å²) < 4.78 is 10.9. The first-order valence-electron chi connectivity index (χ1n) is 9.21. The summed E-state index contributed by atoms with van der Waals surface area (Å²) in [7, 11) is 0. The molecular formula is C20H24N2O5. The van der Waals surface area contributed by atoms with E-state index in [1.165, 1.54) is 6.07 Å². The van der Waals surface area contributed by atoms with Gasteiger partial charge in [0.25, 0.3) is 5.91 Å². The molecule has 27 heavy (non-hydrogen) atoms. The van der Waals surface area contributed by atoms with E-state index in [1.807, 2.05) is 11.8 Å². The Hall–Kier alpha value is -2.83. The van der Waals surface area contributed by atoms with Crippen molar-refractivity contribution in [3.8, 4) is 5.75 Å². The third-order valence-corrected chi connectivity index (χ3v) is 4.68. The van der Waals surface area contributed by atoms with Gasteiger partial charge in [-0.25, -0.2) is 4.79 Å². The van der Waals surface area contributed by atoms with E-state index in [0.29, 0.717) is 37.3 Å². The lowest BCUT2D eigenvalue weighted by atomic mass is 10.1. The predicted molar refractivity (Wildman–Crippen MR) is 101 cm³/mol. The molecule has 144 valence electrons. The molecule has 1 saturated heterocycles. The Bertz CT molecular complexity index is 905. The van der Waals surface area contributed by atoms with Gasteiger partial charge in [0.2, 0.25) is 5.91 Å². The van der Waals surface area contributed by atoms with Crippen LogP contribution < -0.4 is 15.7 Å². The maximum Gasteiger partial charge on any atom is 0.336 e. The molecule has 1 N–H and O–H groups in total. The summed E-state index contributed by atoms with van der Waals surface area (Å²) in [5, 5.41) is 3.65. The average Bonchev–Trinajstić information content (AvgIpc) is 3.03. The van der Waals surface area contributed by atoms with Crippen LogP contribution in [0.4, 0.5) is 0 Å². The number of carbonyl (C=O) groups is 2. The van der Waals surface area contributed by atoms with Gasteiger partial charge in [0.15, 0.2) is 6.10 Å². The van der Waals surface area contributed by atoms with E-state index >= 15 is 0 Å². The third-order valence-electron chi connectivity index (χ3n) is 4.68. The van der Waals surface area contributed by atoms with Crippen molar-refractivity contribution in [3.63, 3.8) is 0 Å². The van der Waals surface area contributed by atoms with Crippen molar-refractivity contribution in [3.05, 3.63) is 40.2 Å². The highest BCUT2D eigenvalue weighted by atomic mass is 16.5. The van der Waals surface area contributed by atoms with E-state index in [2.05, 4.69) is 5.32 Å². The number of nitrogens with zero attached hydrogens (tertiary/aromatic N) is 1. The second kappa shape index (κ2) is 8.24. The zero-order chi connectivity index (χ0) is 19.4. The number of rotatable bonds is 7. The van der Waals surface area contributed by atoms with Gasteiger partial charge in [-0.05, 0) is 44.4 Å². The van der Waals surface area contributed by atoms with Crippen LogP contribution in [-0.2, 0) is 9.59 Å². The van der Waals surface area contributed by atoms with Crippen LogP contribution in [0.3, 0.4) is 0 Å². The van der Waals surface area contributed by atoms with Crippen molar-refractivity contribution in [1.82, 2.24) is 10.2 Å². The molecule has 2 heterocycles. The molecule has 1 aromatic heterocycles. The minimum atomic E-state index is -0.688. The van der Waals surface area contributed by atoms with E-state index in [0.717, 1.165) is 23.9 Å². The first-order chi connectivity index (χ1) is 12.9. The maximum absolute atomic E-state index is 12.2. The van der Waals surface area contributed by atoms with Gasteiger partial charge in [-0.1, -0.05) is 0 Å². The number of nitrogens with one attached hydrogen (secondary N) is 1. The predicted octanol–water partition coefficient (Wildman–Crippen LogP) is 2.00. The Labute approximate surface area is 157 Å². The van der Waals surface area contributed by atoms with E-state index in [1.54, 1.807) is 25.1 Å². The largest absolute Gasteiger partial charge is 0.481 e. The second-order valence-electron chi connectivity index (χ2n) is 6.80. The van der Waals surface area contributed by atoms with Crippen LogP contribution in [0.25, 0.3) is 11.0 Å². The lowest BCUT2D eigenvalue weighted by molar-refractivity contribution is -0.127. The lowest BCUT2D eigenvalue weighted by Gasteiger charge is -2.17. The van der Waals surface area contributed by atoms with Crippen LogP contribution in [0.15, 0.2) is 33.5 Å². The number of fused-ring (bicyclic) bond motifs is 1. The molecule has 3 rings (SSSR count). The quantitative estimate of drug-likeness (QED) is 0.593. The van der Waals surface area contributed by atoms with Gasteiger partial charge < -0.3 is 19.4 Å². The molecule has 1 aromatic carbocycles. The van der Waals surface area contributed by atoms with Crippen LogP contribution in [-0.4, -0.2) is 42.5 Å². The minimum absolute atomic E-state index is 0.191. The summed E-state index contributed by atoms with van der Waals surface area (Å²) >= 11 is 0. The van der Waals surface area contributed by atoms with Crippen molar-refractivity contribution >= 4 is 22.8 Å². The standard InChI is InChI=1S/C20H24N2O5/c1-13-11-19(24)27-17-12-15(6-7-16(13)17)26-14(2)20(25)21-8-4-10-22-9-3-5-18(22)23/h6-7,11-12,14H,3-5,8-10H2,1-2H3,(H,21,25). The summed E-state index contributed by atoms with van der Waals surface area (Å²) in [6.07, 6.45) is 1.57. The molecule has 0 spiro atoms. The second-order valence-corrected chi connectivity index (χ2v) is 6.80. The molecular weight excluding hydrogens is 348 g/mol. The number of aryl methyl sites for hydroxylation is 1. The van der Waals surface area contributed by atoms with Crippen LogP contribution in [0.5, 0.6) is 5.75 Å². The van der Waals surface area contributed by atoms with Gasteiger partial charge in [0.05, 0.1) is 0 Å². The van der Waals surface area contributed by atoms with Crippen molar-refractivity contribution in [2.45, 2.75) is 39.2 Å². The molecule has 2 aromatic rings. The Morgan fingerprint density at radius 2 is 2.15 bits per heavy atom. The van der Waals surface area contributed by atoms with Crippen molar-refractivity contribution in [2.75, 3.05) is 19.6 Å². The molecule has 1 atom stereocenters. The number of ether oxygens (including phenoxy) is 1. The van der Waals surface area contributed by atoms with Crippen LogP contribution in [0.2, 0.25) is 0 Å². The van der Waals surface area contributed by atoms with E-state index in [9.17, 15) is 14.4 Å². The number of carbonyl (C=O) groups excluding carboxylic acids is 2. The van der Waals surface area contributed by atoms with E-state index < -0.39 is 11.7 Å². The first-order valence-corrected chi connectivity index (χ1v) is 9.21. The Morgan fingerprint density at radius 3 is 2.89 bits per heavy atom. The highest BCUT2D eigenvalue weighted by Crippen LogP contribution is 2.23. The van der Waals surface area contributed by atoms with Gasteiger partial charge in [-0.2, -0.15) is 0 Å². The van der Waals surface area contributed by atoms with Crippen LogP contribution in [0.1, 0.15) is 31.7 Å². The minimum Gasteiger partial charge on any atom is -0.481 e. The van der Waals surface area contributed by atoms with Crippen molar-refractivity contribution < 1.29 is 18.7 Å². The fourth-order valence-electron chi connectivity index (χ4n) is 3.20. The molecule has 0 saturated carbocycles. The first kappa shape index (κ1) is 18.9. The summed E-state index contributed by atoms with van der Waals surface area (Å²) in [5.41, 5.74) is 0.842. The lowest BCUT2D eigenvalue weighted by Crippen LogP contribution is -2.38. The van der Waals surface area contributed by atoms with Crippen LogP contribution in [0, 0.1) is 6.92 Å². The number of benzene rings is 1. The highest BCUT2D eigenvalue weighted by Gasteiger charge is 2.19. The Morgan fingerprint density at radius 1 is 1.33 bits per heavy atom. The van der Waals surface area contributed by atoms with E-state index in [4.69, 9.17) is 9.15 Å². The number of likely N-dealkylation sites (tertiary alicyclic amines) is 1. The van der Waals surface area contributed by atoms with Gasteiger partial charge in [-0.3, -0.25) is 9.59 Å². The summed E-state index contributed by atoms with van der Waals surface area (Å²) in [6.45, 7) is 5.46. The zero-order valence-electron chi connectivity index (χ0n) is 15.6. The monoisotopic (exact) mass is 372 g/mol. The van der Waals surface area contributed by atoms with Crippen molar-refractivity contribution in [2.24, 2.45) is 0 Å². The molecule has 0 aliphatic carbocycles. The average molecular weight is 372 g/mol. The summed E-state index contributed by atoms with van der Waals surface area (Å²) in [5.74, 6) is 0.423. The number of hydrogen-bond donors (Lipinski definition) is 1. The normalized spacial score (nSPS) is 15.2. The van der Waals surface area contributed by atoms with Gasteiger partial charge in [-0.15, -0.1) is 0 Å². The van der Waals surface area contributed by atoms with Gasteiger partial charge in [0.1, 0.15) is 11.3 Å². The third kappa shape index (κ3) is 4.67. The molecule has 0 radical (unpaired) electrons. The molecule has 1 fully saturated rings. The molecule has 7 heteroatoms. The van der Waals surface area contributed by atoms with Crippen molar-refractivity contribution in [1.29, 1.82) is 0 Å². The summed E-state index contributed by atoms with van der Waals surface area (Å²) in [4.78, 5) is 37.1. The fourth-order valence-corrected chi connectivity index (χ4v) is 3.20. The molecule has 1 aliphatic heterocycles. The molecule has 7 nitrogen and oxygen atoms in total. The zero-order valence-corrected chi connectivity index (χ0v) is 15.6. The Kier molecular flexibility index (Phi) is 5.78. The summed E-state index contributed by atoms with van der Waals surface area (Å²) in [6, 6.07) is 6.61. The molecule has 2 amide bonds. The topological polar surface area (TPSA) is 88.8 Å². The smallest absolute Gasteiger partial charge is 0.336 e. The van der Waals surface area contributed by atoms with Gasteiger partial charge >= 0.3 is 5.63 Å². The SMILES string of the molecule is Cc1cc(=O)oc2cc(OC(C)C(=O)NCCCN3CCCC3=O)ccc12. The van der Waals surface area contributed by atoms with E-state index in [-0.39, 0.29) is 11.8 Å². The molecule has 1 unspecified atom stereocenters. The molecule has 0 bridgehead atoms.